The quantitative estimate of drug-likeness (QED) is 0.466. The minimum atomic E-state index is 0. The van der Waals surface area contributed by atoms with E-state index in [2.05, 4.69) is 65.8 Å². The van der Waals surface area contributed by atoms with Crippen LogP contribution in [0.3, 0.4) is 0 Å². The van der Waals surface area contributed by atoms with Crippen LogP contribution in [0, 0.1) is 18.4 Å². The largest absolute Gasteiger partial charge is 1.00 e. The fraction of sp³-hybridized carbons (Fsp3) is 0.500. The second-order valence-corrected chi connectivity index (χ2v) is 7.75. The normalized spacial score (nSPS) is 12.7. The van der Waals surface area contributed by atoms with Crippen LogP contribution in [-0.4, -0.2) is 5.11 Å². The first-order chi connectivity index (χ1) is 9.50. The summed E-state index contributed by atoms with van der Waals surface area (Å²) in [5, 5.41) is 9.36. The summed E-state index contributed by atoms with van der Waals surface area (Å²) in [6.07, 6.45) is 8.63. The molecule has 0 unspecified atom stereocenters. The van der Waals surface area contributed by atoms with E-state index in [9.17, 15) is 5.11 Å². The number of aromatic hydroxyl groups is 1. The predicted molar refractivity (Wildman–Crippen MR) is 91.5 cm³/mol. The van der Waals surface area contributed by atoms with Gasteiger partial charge in [0.2, 0.25) is 0 Å². The van der Waals surface area contributed by atoms with Gasteiger partial charge in [0.15, 0.2) is 0 Å². The molecule has 1 aromatic rings. The molecule has 0 saturated heterocycles. The fourth-order valence-corrected chi connectivity index (χ4v) is 2.12. The molecule has 1 aliphatic rings. The molecule has 4 heteroatoms. The van der Waals surface area contributed by atoms with E-state index >= 15 is 0 Å². The zero-order chi connectivity index (χ0) is 16.3. The minimum absolute atomic E-state index is 0. The van der Waals surface area contributed by atoms with Gasteiger partial charge >= 0.3 is 0 Å². The number of aryl methyl sites for hydroxylation is 1. The molecule has 0 aromatic heterocycles. The van der Waals surface area contributed by atoms with E-state index in [1.807, 2.05) is 13.0 Å². The molecule has 0 bridgehead atoms. The van der Waals surface area contributed by atoms with Gasteiger partial charge in [-0.25, -0.2) is 11.6 Å². The Labute approximate surface area is 175 Å². The number of phenols is 1. The van der Waals surface area contributed by atoms with Crippen molar-refractivity contribution in [2.75, 3.05) is 0 Å². The molecule has 0 saturated carbocycles. The Hall–Kier alpha value is -0.206. The average Bonchev–Trinajstić information content (AvgIpc) is 2.79. The van der Waals surface area contributed by atoms with E-state index in [1.165, 1.54) is 11.1 Å². The van der Waals surface area contributed by atoms with Crippen LogP contribution in [0.2, 0.25) is 0 Å². The van der Waals surface area contributed by atoms with E-state index in [0.717, 1.165) is 12.0 Å². The molecule has 136 valence electrons. The van der Waals surface area contributed by atoms with Gasteiger partial charge in [-0.1, -0.05) is 47.6 Å². The van der Waals surface area contributed by atoms with Crippen LogP contribution in [0.5, 0.6) is 5.75 Å². The molecule has 0 spiro atoms. The third kappa shape index (κ3) is 9.94. The van der Waals surface area contributed by atoms with Gasteiger partial charge in [-0.2, -0.15) is 6.08 Å². The first kappa shape index (κ1) is 28.6. The first-order valence-electron chi connectivity index (χ1n) is 7.59. The molecule has 2 rings (SSSR count). The number of hydrogen-bond acceptors (Lipinski definition) is 1. The molecular weight excluding hydrogens is 375 g/mol. The summed E-state index contributed by atoms with van der Waals surface area (Å²) < 4.78 is 0. The molecule has 0 aliphatic heterocycles. The Morgan fingerprint density at radius 3 is 1.75 bits per heavy atom. The van der Waals surface area contributed by atoms with Crippen molar-refractivity contribution in [3.05, 3.63) is 53.1 Å². The molecule has 1 N–H and O–H groups in total. The Balaban J connectivity index is -0.000000336. The summed E-state index contributed by atoms with van der Waals surface area (Å²) in [6, 6.07) is 5.71. The van der Waals surface area contributed by atoms with Crippen LogP contribution in [0.1, 0.15) is 59.1 Å². The summed E-state index contributed by atoms with van der Waals surface area (Å²) in [7, 11) is 0. The van der Waals surface area contributed by atoms with Crippen molar-refractivity contribution in [1.82, 2.24) is 0 Å². The molecule has 0 heterocycles. The van der Waals surface area contributed by atoms with Gasteiger partial charge < -0.3 is 29.9 Å². The third-order valence-electron chi connectivity index (χ3n) is 3.43. The molecule has 0 radical (unpaired) electrons. The van der Waals surface area contributed by atoms with Gasteiger partial charge in [0.1, 0.15) is 5.75 Å². The van der Waals surface area contributed by atoms with E-state index < -0.39 is 0 Å². The average molecular weight is 404 g/mol. The summed E-state index contributed by atoms with van der Waals surface area (Å²) in [5.74, 6) is 0.361. The Bertz CT molecular complexity index is 529. The molecule has 1 aromatic carbocycles. The second kappa shape index (κ2) is 11.4. The molecule has 24 heavy (non-hydrogen) atoms. The third-order valence-corrected chi connectivity index (χ3v) is 3.43. The van der Waals surface area contributed by atoms with Crippen LogP contribution in [0.4, 0.5) is 0 Å². The standard InChI is InChI=1S/C11H16O.C9H13.2ClH.Ti/c1-8-5-9(11(2,3)4)7-10(12)6-8;1-9(2,3)8-6-4-5-7-8;;;/h5-7,12H,1-4H3;4,6H,5H2,1-3H3;2*1H;/q;-1;;;/p-2. The molecule has 1 nitrogen and oxygen atoms in total. The fourth-order valence-electron chi connectivity index (χ4n) is 2.12. The van der Waals surface area contributed by atoms with Crippen LogP contribution in [0.15, 0.2) is 35.9 Å². The first-order valence-corrected chi connectivity index (χ1v) is 7.59. The SMILES string of the molecule is CC(C)(C)C1=[C-]CC=C1.Cc1cc(O)cc(C(C)(C)C)c1.[Cl-].[Cl-].[Ti]. The monoisotopic (exact) mass is 403 g/mol. The molecule has 0 atom stereocenters. The number of rotatable bonds is 0. The number of halogens is 2. The molecule has 1 aliphatic carbocycles. The van der Waals surface area contributed by atoms with Crippen LogP contribution in [-0.2, 0) is 27.1 Å². The summed E-state index contributed by atoms with van der Waals surface area (Å²) in [6.45, 7) is 15.1. The molecule has 0 fully saturated rings. The summed E-state index contributed by atoms with van der Waals surface area (Å²) in [5.41, 5.74) is 4.05. The van der Waals surface area contributed by atoms with Crippen molar-refractivity contribution >= 4 is 0 Å². The Morgan fingerprint density at radius 2 is 1.46 bits per heavy atom. The smallest absolute Gasteiger partial charge is 0.116 e. The van der Waals surface area contributed by atoms with E-state index in [1.54, 1.807) is 6.07 Å². The molecular formula is C20H29Cl2OTi-3. The van der Waals surface area contributed by atoms with Crippen molar-refractivity contribution in [3.63, 3.8) is 0 Å². The predicted octanol–water partition coefficient (Wildman–Crippen LogP) is -0.274. The Morgan fingerprint density at radius 1 is 0.917 bits per heavy atom. The number of hydrogen-bond donors (Lipinski definition) is 1. The van der Waals surface area contributed by atoms with Crippen LogP contribution >= 0.6 is 0 Å². The van der Waals surface area contributed by atoms with Gasteiger partial charge in [-0.3, -0.25) is 6.08 Å². The van der Waals surface area contributed by atoms with Crippen LogP contribution < -0.4 is 24.8 Å². The minimum Gasteiger partial charge on any atom is -1.00 e. The van der Waals surface area contributed by atoms with Gasteiger partial charge in [0, 0.05) is 21.7 Å². The number of phenolic OH excluding ortho intramolecular Hbond substituents is 1. The van der Waals surface area contributed by atoms with Gasteiger partial charge in [-0.15, -0.1) is 6.42 Å². The Kier molecular flexibility index (Phi) is 13.6. The van der Waals surface area contributed by atoms with Crippen LogP contribution in [0.25, 0.3) is 0 Å². The second-order valence-electron chi connectivity index (χ2n) is 7.75. The van der Waals surface area contributed by atoms with E-state index in [-0.39, 0.29) is 51.9 Å². The van der Waals surface area contributed by atoms with Crippen molar-refractivity contribution in [1.29, 1.82) is 0 Å². The van der Waals surface area contributed by atoms with Gasteiger partial charge in [-0.05, 0) is 41.0 Å². The summed E-state index contributed by atoms with van der Waals surface area (Å²) >= 11 is 0. The van der Waals surface area contributed by atoms with Gasteiger partial charge in [0.05, 0.1) is 0 Å². The zero-order valence-corrected chi connectivity index (χ0v) is 18.9. The van der Waals surface area contributed by atoms with E-state index in [0.29, 0.717) is 11.2 Å². The summed E-state index contributed by atoms with van der Waals surface area (Å²) in [4.78, 5) is 0. The van der Waals surface area contributed by atoms with Crippen molar-refractivity contribution in [3.8, 4) is 5.75 Å². The van der Waals surface area contributed by atoms with Gasteiger partial charge in [0.25, 0.3) is 0 Å². The topological polar surface area (TPSA) is 20.2 Å². The van der Waals surface area contributed by atoms with Crippen molar-refractivity contribution in [2.45, 2.75) is 60.3 Å². The van der Waals surface area contributed by atoms with Crippen molar-refractivity contribution < 1.29 is 51.6 Å². The number of allylic oxidation sites excluding steroid dienone is 4. The maximum absolute atomic E-state index is 9.36. The van der Waals surface area contributed by atoms with Crippen molar-refractivity contribution in [2.24, 2.45) is 5.41 Å². The molecule has 0 amide bonds. The maximum Gasteiger partial charge on any atom is 0.116 e. The van der Waals surface area contributed by atoms with E-state index in [4.69, 9.17) is 0 Å². The zero-order valence-electron chi connectivity index (χ0n) is 15.8. The maximum atomic E-state index is 9.36. The number of benzene rings is 1.